The molecule has 0 heterocycles. The highest BCUT2D eigenvalue weighted by Crippen LogP contribution is 2.27. The molecule has 0 radical (unpaired) electrons. The number of hydrogen-bond acceptors (Lipinski definition) is 1. The van der Waals surface area contributed by atoms with Crippen molar-refractivity contribution in [3.05, 3.63) is 35.4 Å². The lowest BCUT2D eigenvalue weighted by Gasteiger charge is -2.33. The Balaban J connectivity index is 2.88. The zero-order chi connectivity index (χ0) is 13.1. The van der Waals surface area contributed by atoms with Gasteiger partial charge in [-0.1, -0.05) is 20.8 Å². The van der Waals surface area contributed by atoms with Gasteiger partial charge >= 0.3 is 0 Å². The highest BCUT2D eigenvalue weighted by molar-refractivity contribution is 5.19. The SMILES string of the molecule is CCC(C)(C)C(Cc1cc(F)cc(F)c1)NC. The van der Waals surface area contributed by atoms with Crippen molar-refractivity contribution in [2.24, 2.45) is 5.41 Å². The molecule has 3 heteroatoms. The fourth-order valence-electron chi connectivity index (χ4n) is 1.98. The largest absolute Gasteiger partial charge is 0.316 e. The lowest BCUT2D eigenvalue weighted by atomic mass is 9.79. The Bertz CT molecular complexity index is 354. The van der Waals surface area contributed by atoms with E-state index in [1.165, 1.54) is 12.1 Å². The van der Waals surface area contributed by atoms with Crippen LogP contribution in [0.15, 0.2) is 18.2 Å². The van der Waals surface area contributed by atoms with Gasteiger partial charge < -0.3 is 5.32 Å². The van der Waals surface area contributed by atoms with Gasteiger partial charge in [0, 0.05) is 12.1 Å². The minimum atomic E-state index is -0.510. The fraction of sp³-hybridized carbons (Fsp3) is 0.571. The summed E-state index contributed by atoms with van der Waals surface area (Å²) in [6.07, 6.45) is 1.64. The van der Waals surface area contributed by atoms with E-state index >= 15 is 0 Å². The van der Waals surface area contributed by atoms with Gasteiger partial charge in [-0.05, 0) is 43.0 Å². The van der Waals surface area contributed by atoms with Crippen molar-refractivity contribution >= 4 is 0 Å². The van der Waals surface area contributed by atoms with Crippen molar-refractivity contribution < 1.29 is 8.78 Å². The van der Waals surface area contributed by atoms with Crippen LogP contribution in [0, 0.1) is 17.0 Å². The van der Waals surface area contributed by atoms with Gasteiger partial charge in [0.1, 0.15) is 11.6 Å². The Morgan fingerprint density at radius 2 is 1.71 bits per heavy atom. The number of rotatable bonds is 5. The molecule has 1 aromatic rings. The van der Waals surface area contributed by atoms with Crippen LogP contribution in [0.1, 0.15) is 32.8 Å². The number of halogens is 2. The average Bonchev–Trinajstić information content (AvgIpc) is 2.24. The van der Waals surface area contributed by atoms with Gasteiger partial charge in [-0.25, -0.2) is 8.78 Å². The lowest BCUT2D eigenvalue weighted by molar-refractivity contribution is 0.240. The Morgan fingerprint density at radius 3 is 2.12 bits per heavy atom. The van der Waals surface area contributed by atoms with Crippen LogP contribution in [0.2, 0.25) is 0 Å². The van der Waals surface area contributed by atoms with Gasteiger partial charge in [-0.3, -0.25) is 0 Å². The third-order valence-corrected chi connectivity index (χ3v) is 3.57. The van der Waals surface area contributed by atoms with Crippen molar-refractivity contribution in [2.45, 2.75) is 39.7 Å². The number of benzene rings is 1. The lowest BCUT2D eigenvalue weighted by Crippen LogP contribution is -2.41. The van der Waals surface area contributed by atoms with E-state index in [0.29, 0.717) is 12.0 Å². The molecule has 1 atom stereocenters. The molecule has 0 fully saturated rings. The van der Waals surface area contributed by atoms with Crippen LogP contribution in [0.5, 0.6) is 0 Å². The second-order valence-electron chi connectivity index (χ2n) is 5.17. The summed E-state index contributed by atoms with van der Waals surface area (Å²) in [5, 5.41) is 3.24. The highest BCUT2D eigenvalue weighted by atomic mass is 19.1. The van der Waals surface area contributed by atoms with E-state index in [9.17, 15) is 8.78 Å². The van der Waals surface area contributed by atoms with Gasteiger partial charge in [-0.15, -0.1) is 0 Å². The van der Waals surface area contributed by atoms with Crippen molar-refractivity contribution in [2.75, 3.05) is 7.05 Å². The molecular weight excluding hydrogens is 220 g/mol. The van der Waals surface area contributed by atoms with Gasteiger partial charge in [-0.2, -0.15) is 0 Å². The van der Waals surface area contributed by atoms with Crippen LogP contribution in [0.3, 0.4) is 0 Å². The average molecular weight is 241 g/mol. The summed E-state index contributed by atoms with van der Waals surface area (Å²) in [5.41, 5.74) is 0.792. The molecule has 0 bridgehead atoms. The van der Waals surface area contributed by atoms with Gasteiger partial charge in [0.15, 0.2) is 0 Å². The van der Waals surface area contributed by atoms with Crippen molar-refractivity contribution in [3.63, 3.8) is 0 Å². The van der Waals surface area contributed by atoms with E-state index in [-0.39, 0.29) is 11.5 Å². The van der Waals surface area contributed by atoms with Crippen LogP contribution in [-0.2, 0) is 6.42 Å². The zero-order valence-corrected chi connectivity index (χ0v) is 11.0. The second kappa shape index (κ2) is 5.58. The minimum Gasteiger partial charge on any atom is -0.316 e. The summed E-state index contributed by atoms with van der Waals surface area (Å²) in [4.78, 5) is 0. The first kappa shape index (κ1) is 14.1. The normalized spacial score (nSPS) is 13.8. The topological polar surface area (TPSA) is 12.0 Å². The van der Waals surface area contributed by atoms with E-state index in [4.69, 9.17) is 0 Å². The van der Waals surface area contributed by atoms with Crippen molar-refractivity contribution in [1.82, 2.24) is 5.32 Å². The Kier molecular flexibility index (Phi) is 4.63. The van der Waals surface area contributed by atoms with E-state index in [1.54, 1.807) is 0 Å². The standard InChI is InChI=1S/C14H21F2N/c1-5-14(2,3)13(17-4)8-10-6-11(15)9-12(16)7-10/h6-7,9,13,17H,5,8H2,1-4H3. The molecule has 0 spiro atoms. The highest BCUT2D eigenvalue weighted by Gasteiger charge is 2.26. The molecular formula is C14H21F2N. The minimum absolute atomic E-state index is 0.0948. The number of likely N-dealkylation sites (N-methyl/N-ethyl adjacent to an activating group) is 1. The first-order valence-corrected chi connectivity index (χ1v) is 6.01. The van der Waals surface area contributed by atoms with Crippen LogP contribution >= 0.6 is 0 Å². The first-order chi connectivity index (χ1) is 7.89. The summed E-state index contributed by atoms with van der Waals surface area (Å²) < 4.78 is 26.2. The molecule has 1 unspecified atom stereocenters. The maximum Gasteiger partial charge on any atom is 0.126 e. The summed E-state index contributed by atoms with van der Waals surface area (Å²) >= 11 is 0. The van der Waals surface area contributed by atoms with E-state index in [2.05, 4.69) is 26.1 Å². The molecule has 0 amide bonds. The molecule has 1 N–H and O–H groups in total. The van der Waals surface area contributed by atoms with Crippen LogP contribution in [0.4, 0.5) is 8.78 Å². The van der Waals surface area contributed by atoms with E-state index in [0.717, 1.165) is 12.5 Å². The molecule has 0 saturated carbocycles. The second-order valence-corrected chi connectivity index (χ2v) is 5.17. The third-order valence-electron chi connectivity index (χ3n) is 3.57. The zero-order valence-electron chi connectivity index (χ0n) is 11.0. The number of nitrogens with one attached hydrogen (secondary N) is 1. The van der Waals surface area contributed by atoms with Crippen LogP contribution in [-0.4, -0.2) is 13.1 Å². The van der Waals surface area contributed by atoms with Crippen LogP contribution in [0.25, 0.3) is 0 Å². The van der Waals surface area contributed by atoms with Crippen LogP contribution < -0.4 is 5.32 Å². The van der Waals surface area contributed by atoms with E-state index in [1.807, 2.05) is 7.05 Å². The smallest absolute Gasteiger partial charge is 0.126 e. The molecule has 96 valence electrons. The molecule has 0 aromatic heterocycles. The number of hydrogen-bond donors (Lipinski definition) is 1. The third kappa shape index (κ3) is 3.77. The molecule has 0 aliphatic heterocycles. The molecule has 1 rings (SSSR count). The summed E-state index contributed by atoms with van der Waals surface area (Å²) in [6.45, 7) is 6.43. The summed E-state index contributed by atoms with van der Waals surface area (Å²) in [7, 11) is 1.89. The maximum absolute atomic E-state index is 13.1. The monoisotopic (exact) mass is 241 g/mol. The van der Waals surface area contributed by atoms with Crippen molar-refractivity contribution in [3.8, 4) is 0 Å². The molecule has 17 heavy (non-hydrogen) atoms. The first-order valence-electron chi connectivity index (χ1n) is 6.01. The van der Waals surface area contributed by atoms with Crippen molar-refractivity contribution in [1.29, 1.82) is 0 Å². The predicted molar refractivity (Wildman–Crippen MR) is 67.0 cm³/mol. The van der Waals surface area contributed by atoms with E-state index < -0.39 is 11.6 Å². The van der Waals surface area contributed by atoms with Gasteiger partial charge in [0.25, 0.3) is 0 Å². The molecule has 0 saturated heterocycles. The van der Waals surface area contributed by atoms with Gasteiger partial charge in [0.2, 0.25) is 0 Å². The molecule has 1 nitrogen and oxygen atoms in total. The summed E-state index contributed by atoms with van der Waals surface area (Å²) in [5.74, 6) is -1.02. The maximum atomic E-state index is 13.1. The fourth-order valence-corrected chi connectivity index (χ4v) is 1.98. The molecule has 0 aliphatic rings. The molecule has 0 aliphatic carbocycles. The Hall–Kier alpha value is -0.960. The summed E-state index contributed by atoms with van der Waals surface area (Å²) in [6, 6.07) is 3.91. The van der Waals surface area contributed by atoms with Gasteiger partial charge in [0.05, 0.1) is 0 Å². The predicted octanol–water partition coefficient (Wildman–Crippen LogP) is 3.53. The molecule has 1 aromatic carbocycles. The Morgan fingerprint density at radius 1 is 1.18 bits per heavy atom. The Labute approximate surface area is 102 Å². The quantitative estimate of drug-likeness (QED) is 0.831.